The Balaban J connectivity index is 1.77. The number of rotatable bonds is 1. The summed E-state index contributed by atoms with van der Waals surface area (Å²) in [6.07, 6.45) is 10.1. The van der Waals surface area contributed by atoms with Gasteiger partial charge in [-0.05, 0) is 80.1 Å². The van der Waals surface area contributed by atoms with Crippen molar-refractivity contribution in [2.45, 2.75) is 52.4 Å². The Morgan fingerprint density at radius 2 is 2.08 bits per heavy atom. The molecule has 4 aliphatic rings. The molecular formula is C23H29NO. The smallest absolute Gasteiger partial charge is 0.155 e. The molecule has 2 heteroatoms. The normalized spacial score (nSPS) is 48.7. The van der Waals surface area contributed by atoms with Gasteiger partial charge in [-0.1, -0.05) is 30.7 Å². The molecule has 0 radical (unpaired) electrons. The van der Waals surface area contributed by atoms with Gasteiger partial charge in [0.1, 0.15) is 0 Å². The Bertz CT molecular complexity index is 725. The molecule has 0 heterocycles. The van der Waals surface area contributed by atoms with Crippen LogP contribution in [-0.2, 0) is 4.79 Å². The molecule has 0 bridgehead atoms. The van der Waals surface area contributed by atoms with Crippen LogP contribution in [0.3, 0.4) is 0 Å². The van der Waals surface area contributed by atoms with Gasteiger partial charge in [0, 0.05) is 6.42 Å². The van der Waals surface area contributed by atoms with Crippen LogP contribution in [0.15, 0.2) is 36.5 Å². The Kier molecular flexibility index (Phi) is 3.66. The van der Waals surface area contributed by atoms with Crippen LogP contribution in [0.1, 0.15) is 52.4 Å². The third kappa shape index (κ3) is 2.05. The van der Waals surface area contributed by atoms with E-state index in [1.807, 2.05) is 6.08 Å². The molecular weight excluding hydrogens is 306 g/mol. The van der Waals surface area contributed by atoms with Crippen molar-refractivity contribution in [2.75, 3.05) is 0 Å². The van der Waals surface area contributed by atoms with Gasteiger partial charge in [0.25, 0.3) is 0 Å². The molecule has 0 saturated heterocycles. The lowest BCUT2D eigenvalue weighted by Crippen LogP contribution is -2.51. The molecule has 0 aromatic rings. The number of ketones is 1. The summed E-state index contributed by atoms with van der Waals surface area (Å²) >= 11 is 0. The van der Waals surface area contributed by atoms with Gasteiger partial charge in [0.2, 0.25) is 0 Å². The van der Waals surface area contributed by atoms with Crippen molar-refractivity contribution >= 4 is 5.78 Å². The van der Waals surface area contributed by atoms with E-state index in [1.165, 1.54) is 12.0 Å². The van der Waals surface area contributed by atoms with E-state index in [-0.39, 0.29) is 5.41 Å². The number of allylic oxidation sites excluding steroid dienone is 3. The maximum Gasteiger partial charge on any atom is 0.155 e. The minimum Gasteiger partial charge on any atom is -0.295 e. The fraction of sp³-hybridized carbons (Fsp3) is 0.652. The molecule has 0 N–H and O–H groups in total. The molecule has 0 amide bonds. The summed E-state index contributed by atoms with van der Waals surface area (Å²) in [4.78, 5) is 11.9. The Morgan fingerprint density at radius 3 is 2.76 bits per heavy atom. The SMILES string of the molecule is C=CC1CC2=CC(=O)CC[C@@H]2[C@H]2CC[C@@]3(C)[C@@H](CC(=C)[C@]3(C)C#N)[C@H]12. The number of fused-ring (bicyclic) bond motifs is 5. The van der Waals surface area contributed by atoms with E-state index >= 15 is 0 Å². The summed E-state index contributed by atoms with van der Waals surface area (Å²) in [5, 5.41) is 9.96. The molecule has 132 valence electrons. The molecule has 0 aromatic heterocycles. The molecule has 3 saturated carbocycles. The summed E-state index contributed by atoms with van der Waals surface area (Å²) in [6, 6.07) is 2.64. The average molecular weight is 335 g/mol. The molecule has 3 fully saturated rings. The van der Waals surface area contributed by atoms with Crippen LogP contribution < -0.4 is 0 Å². The van der Waals surface area contributed by atoms with E-state index in [4.69, 9.17) is 0 Å². The zero-order valence-electron chi connectivity index (χ0n) is 15.6. The van der Waals surface area contributed by atoms with E-state index < -0.39 is 5.41 Å². The third-order valence-corrected chi connectivity index (χ3v) is 8.62. The van der Waals surface area contributed by atoms with Crippen LogP contribution in [-0.4, -0.2) is 5.78 Å². The van der Waals surface area contributed by atoms with Gasteiger partial charge in [-0.2, -0.15) is 5.26 Å². The molecule has 4 aliphatic carbocycles. The maximum absolute atomic E-state index is 11.9. The molecule has 0 spiro atoms. The number of nitrogens with zero attached hydrogens (tertiary/aromatic N) is 1. The second-order valence-corrected chi connectivity index (χ2v) is 9.28. The summed E-state index contributed by atoms with van der Waals surface area (Å²) in [5.74, 6) is 3.05. The first-order valence-corrected chi connectivity index (χ1v) is 9.81. The van der Waals surface area contributed by atoms with Crippen molar-refractivity contribution in [3.05, 3.63) is 36.5 Å². The molecule has 0 aliphatic heterocycles. The van der Waals surface area contributed by atoms with Gasteiger partial charge >= 0.3 is 0 Å². The van der Waals surface area contributed by atoms with Gasteiger partial charge in [0.05, 0.1) is 11.5 Å². The van der Waals surface area contributed by atoms with Crippen LogP contribution >= 0.6 is 0 Å². The third-order valence-electron chi connectivity index (χ3n) is 8.62. The second-order valence-electron chi connectivity index (χ2n) is 9.28. The topological polar surface area (TPSA) is 40.9 Å². The summed E-state index contributed by atoms with van der Waals surface area (Å²) in [6.45, 7) is 12.9. The van der Waals surface area contributed by atoms with Crippen molar-refractivity contribution in [1.29, 1.82) is 5.26 Å². The largest absolute Gasteiger partial charge is 0.295 e. The van der Waals surface area contributed by atoms with Crippen LogP contribution in [0.4, 0.5) is 0 Å². The van der Waals surface area contributed by atoms with Crippen molar-refractivity contribution in [1.82, 2.24) is 0 Å². The quantitative estimate of drug-likeness (QED) is 0.615. The summed E-state index contributed by atoms with van der Waals surface area (Å²) < 4.78 is 0. The predicted molar refractivity (Wildman–Crippen MR) is 99.4 cm³/mol. The van der Waals surface area contributed by atoms with Crippen molar-refractivity contribution in [3.8, 4) is 6.07 Å². The number of carbonyl (C=O) groups excluding carboxylic acids is 1. The van der Waals surface area contributed by atoms with E-state index in [2.05, 4.69) is 39.2 Å². The summed E-state index contributed by atoms with van der Waals surface area (Å²) in [7, 11) is 0. The van der Waals surface area contributed by atoms with E-state index in [9.17, 15) is 10.1 Å². The van der Waals surface area contributed by atoms with Crippen LogP contribution in [0.5, 0.6) is 0 Å². The number of hydrogen-bond donors (Lipinski definition) is 0. The van der Waals surface area contributed by atoms with Crippen molar-refractivity contribution in [2.24, 2.45) is 40.4 Å². The maximum atomic E-state index is 11.9. The molecule has 1 unspecified atom stereocenters. The lowest BCUT2D eigenvalue weighted by Gasteiger charge is -2.57. The Labute approximate surface area is 151 Å². The van der Waals surface area contributed by atoms with Crippen LogP contribution in [0.2, 0.25) is 0 Å². The standard InChI is InChI=1S/C23H29NO/c1-5-15-11-16-12-17(25)6-7-18(16)19-8-9-22(3)20(21(15)19)10-14(2)23(22,4)13-24/h5,12,15,18-21H,1-2,6-11H2,3-4H3/t15?,18-,19+,20-,21+,22-,23-/m0/s1. The predicted octanol–water partition coefficient (Wildman–Crippen LogP) is 5.24. The number of carbonyl (C=O) groups is 1. The number of hydrogen-bond acceptors (Lipinski definition) is 2. The van der Waals surface area contributed by atoms with Crippen LogP contribution in [0.25, 0.3) is 0 Å². The Hall–Kier alpha value is -1.62. The second kappa shape index (κ2) is 5.44. The van der Waals surface area contributed by atoms with Crippen molar-refractivity contribution in [3.63, 3.8) is 0 Å². The lowest BCUT2D eigenvalue weighted by molar-refractivity contribution is -0.116. The molecule has 4 rings (SSSR count). The zero-order chi connectivity index (χ0) is 18.0. The van der Waals surface area contributed by atoms with E-state index in [0.29, 0.717) is 41.8 Å². The molecule has 25 heavy (non-hydrogen) atoms. The van der Waals surface area contributed by atoms with Gasteiger partial charge < -0.3 is 0 Å². The highest BCUT2D eigenvalue weighted by Crippen LogP contribution is 2.69. The first-order chi connectivity index (χ1) is 11.9. The van der Waals surface area contributed by atoms with Crippen LogP contribution in [0, 0.1) is 51.8 Å². The molecule has 7 atom stereocenters. The van der Waals surface area contributed by atoms with E-state index in [0.717, 1.165) is 31.3 Å². The van der Waals surface area contributed by atoms with Gasteiger partial charge in [-0.3, -0.25) is 4.79 Å². The van der Waals surface area contributed by atoms with Crippen molar-refractivity contribution < 1.29 is 4.79 Å². The minimum atomic E-state index is -0.410. The lowest BCUT2D eigenvalue weighted by atomic mass is 9.47. The first-order valence-electron chi connectivity index (χ1n) is 9.81. The van der Waals surface area contributed by atoms with E-state index in [1.54, 1.807) is 0 Å². The highest BCUT2D eigenvalue weighted by Gasteiger charge is 2.64. The highest BCUT2D eigenvalue weighted by molar-refractivity contribution is 5.91. The first kappa shape index (κ1) is 16.8. The zero-order valence-corrected chi connectivity index (χ0v) is 15.6. The van der Waals surface area contributed by atoms with Gasteiger partial charge in [-0.15, -0.1) is 6.58 Å². The fourth-order valence-corrected chi connectivity index (χ4v) is 6.93. The van der Waals surface area contributed by atoms with Gasteiger partial charge in [0.15, 0.2) is 5.78 Å². The monoisotopic (exact) mass is 335 g/mol. The number of nitriles is 1. The highest BCUT2D eigenvalue weighted by atomic mass is 16.1. The fourth-order valence-electron chi connectivity index (χ4n) is 6.93. The summed E-state index contributed by atoms with van der Waals surface area (Å²) in [5.41, 5.74) is 2.12. The average Bonchev–Trinajstić information content (AvgIpc) is 2.81. The van der Waals surface area contributed by atoms with Gasteiger partial charge in [-0.25, -0.2) is 0 Å². The Morgan fingerprint density at radius 1 is 1.32 bits per heavy atom. The molecule has 0 aromatic carbocycles. The minimum absolute atomic E-state index is 0.0208. The molecule has 2 nitrogen and oxygen atoms in total.